The Morgan fingerprint density at radius 3 is 1.80 bits per heavy atom. The largest absolute Gasteiger partial charge is 0.0856 e. The van der Waals surface area contributed by atoms with Crippen LogP contribution in [-0.4, -0.2) is 0 Å². The first-order valence-corrected chi connectivity index (χ1v) is 8.76. The molecule has 0 aliphatic carbocycles. The molecule has 0 saturated heterocycles. The van der Waals surface area contributed by atoms with Gasteiger partial charge in [0, 0.05) is 0 Å². The standard InChI is InChI=1S/C20H38/c1-7-18(4)12-9-14-20(6)16-10-15-19(5)13-8-11-17(2)3/h13-14,17-18H,7-12,15-16H2,1-6H3/b19-13+,20-14+. The molecule has 0 aromatic rings. The lowest BCUT2D eigenvalue weighted by molar-refractivity contribution is 0.520. The molecule has 0 nitrogen and oxygen atoms in total. The molecule has 0 radical (unpaired) electrons. The molecular formula is C20H38. The minimum atomic E-state index is 0.828. The predicted molar refractivity (Wildman–Crippen MR) is 94.1 cm³/mol. The minimum Gasteiger partial charge on any atom is -0.0856 e. The number of hydrogen-bond acceptors (Lipinski definition) is 0. The lowest BCUT2D eigenvalue weighted by Crippen LogP contribution is -1.90. The maximum atomic E-state index is 2.46. The van der Waals surface area contributed by atoms with Gasteiger partial charge < -0.3 is 0 Å². The zero-order valence-corrected chi connectivity index (χ0v) is 15.0. The van der Waals surface area contributed by atoms with Gasteiger partial charge in [0.15, 0.2) is 0 Å². The molecule has 0 fully saturated rings. The quantitative estimate of drug-likeness (QED) is 0.347. The van der Waals surface area contributed by atoms with Crippen LogP contribution in [0, 0.1) is 11.8 Å². The fourth-order valence-electron chi connectivity index (χ4n) is 2.33. The van der Waals surface area contributed by atoms with Gasteiger partial charge in [-0.1, -0.05) is 57.4 Å². The first kappa shape index (κ1) is 19.5. The molecular weight excluding hydrogens is 240 g/mol. The third-order valence-electron chi connectivity index (χ3n) is 4.23. The molecule has 0 amide bonds. The maximum Gasteiger partial charge on any atom is -0.0320 e. The SMILES string of the molecule is CCC(C)CC/C=C(\C)CCC/C(C)=C/CCC(C)C. The van der Waals surface area contributed by atoms with Crippen LogP contribution < -0.4 is 0 Å². The van der Waals surface area contributed by atoms with Gasteiger partial charge >= 0.3 is 0 Å². The van der Waals surface area contributed by atoms with Crippen LogP contribution in [0.25, 0.3) is 0 Å². The Hall–Kier alpha value is -0.520. The second-order valence-electron chi connectivity index (χ2n) is 7.02. The summed E-state index contributed by atoms with van der Waals surface area (Å²) >= 11 is 0. The lowest BCUT2D eigenvalue weighted by atomic mass is 10.00. The molecule has 118 valence electrons. The molecule has 1 unspecified atom stereocenters. The van der Waals surface area contributed by atoms with Crippen molar-refractivity contribution in [3.63, 3.8) is 0 Å². The van der Waals surface area contributed by atoms with Crippen molar-refractivity contribution >= 4 is 0 Å². The summed E-state index contributed by atoms with van der Waals surface area (Å²) in [6.07, 6.45) is 15.3. The van der Waals surface area contributed by atoms with Crippen molar-refractivity contribution in [1.29, 1.82) is 0 Å². The van der Waals surface area contributed by atoms with E-state index in [2.05, 4.69) is 53.7 Å². The minimum absolute atomic E-state index is 0.828. The van der Waals surface area contributed by atoms with E-state index >= 15 is 0 Å². The summed E-state index contributed by atoms with van der Waals surface area (Å²) in [5, 5.41) is 0. The summed E-state index contributed by atoms with van der Waals surface area (Å²) in [6, 6.07) is 0. The smallest absolute Gasteiger partial charge is 0.0320 e. The summed E-state index contributed by atoms with van der Waals surface area (Å²) in [6.45, 7) is 13.8. The predicted octanol–water partition coefficient (Wildman–Crippen LogP) is 7.31. The van der Waals surface area contributed by atoms with Gasteiger partial charge in [-0.2, -0.15) is 0 Å². The van der Waals surface area contributed by atoms with E-state index in [0.717, 1.165) is 11.8 Å². The zero-order valence-electron chi connectivity index (χ0n) is 15.0. The number of hydrogen-bond donors (Lipinski definition) is 0. The van der Waals surface area contributed by atoms with Crippen molar-refractivity contribution < 1.29 is 0 Å². The maximum absolute atomic E-state index is 2.46. The van der Waals surface area contributed by atoms with Crippen LogP contribution in [0.15, 0.2) is 23.3 Å². The van der Waals surface area contributed by atoms with Crippen molar-refractivity contribution in [1.82, 2.24) is 0 Å². The molecule has 0 saturated carbocycles. The zero-order chi connectivity index (χ0) is 15.4. The van der Waals surface area contributed by atoms with Crippen LogP contribution in [0.5, 0.6) is 0 Å². The highest BCUT2D eigenvalue weighted by Crippen LogP contribution is 2.16. The fraction of sp³-hybridized carbons (Fsp3) is 0.800. The molecule has 0 N–H and O–H groups in total. The molecule has 0 heteroatoms. The van der Waals surface area contributed by atoms with Crippen molar-refractivity contribution in [2.24, 2.45) is 11.8 Å². The first-order valence-electron chi connectivity index (χ1n) is 8.76. The average Bonchev–Trinajstić information content (AvgIpc) is 2.38. The first-order chi connectivity index (χ1) is 9.45. The van der Waals surface area contributed by atoms with E-state index in [-0.39, 0.29) is 0 Å². The van der Waals surface area contributed by atoms with Crippen LogP contribution in [-0.2, 0) is 0 Å². The van der Waals surface area contributed by atoms with Crippen LogP contribution >= 0.6 is 0 Å². The van der Waals surface area contributed by atoms with Gasteiger partial charge in [-0.3, -0.25) is 0 Å². The highest BCUT2D eigenvalue weighted by molar-refractivity contribution is 5.01. The molecule has 0 heterocycles. The van der Waals surface area contributed by atoms with E-state index in [1.54, 1.807) is 11.1 Å². The molecule has 0 aromatic heterocycles. The highest BCUT2D eigenvalue weighted by atomic mass is 14.0. The molecule has 1 atom stereocenters. The van der Waals surface area contributed by atoms with Gasteiger partial charge in [0.1, 0.15) is 0 Å². The van der Waals surface area contributed by atoms with E-state index < -0.39 is 0 Å². The summed E-state index contributed by atoms with van der Waals surface area (Å²) in [5.41, 5.74) is 3.17. The monoisotopic (exact) mass is 278 g/mol. The number of allylic oxidation sites excluding steroid dienone is 4. The van der Waals surface area contributed by atoms with Crippen LogP contribution in [0.4, 0.5) is 0 Å². The highest BCUT2D eigenvalue weighted by Gasteiger charge is 1.98. The summed E-state index contributed by atoms with van der Waals surface area (Å²) < 4.78 is 0. The van der Waals surface area contributed by atoms with Crippen molar-refractivity contribution in [2.75, 3.05) is 0 Å². The summed E-state index contributed by atoms with van der Waals surface area (Å²) in [7, 11) is 0. The van der Waals surface area contributed by atoms with Crippen LogP contribution in [0.1, 0.15) is 92.9 Å². The van der Waals surface area contributed by atoms with Gasteiger partial charge in [-0.05, 0) is 70.6 Å². The molecule has 0 spiro atoms. The Morgan fingerprint density at radius 1 is 0.850 bits per heavy atom. The Balaban J connectivity index is 3.73. The van der Waals surface area contributed by atoms with Gasteiger partial charge in [-0.15, -0.1) is 0 Å². The Bertz CT molecular complexity index is 280. The van der Waals surface area contributed by atoms with Crippen LogP contribution in [0.3, 0.4) is 0 Å². The second kappa shape index (κ2) is 12.2. The van der Waals surface area contributed by atoms with Crippen LogP contribution in [0.2, 0.25) is 0 Å². The topological polar surface area (TPSA) is 0 Å². The number of rotatable bonds is 11. The molecule has 0 aliphatic heterocycles. The lowest BCUT2D eigenvalue weighted by Gasteiger charge is -2.07. The summed E-state index contributed by atoms with van der Waals surface area (Å²) in [5.74, 6) is 1.71. The van der Waals surface area contributed by atoms with Crippen molar-refractivity contribution in [3.8, 4) is 0 Å². The fourth-order valence-corrected chi connectivity index (χ4v) is 2.33. The van der Waals surface area contributed by atoms with E-state index in [0.29, 0.717) is 0 Å². The molecule has 0 rings (SSSR count). The van der Waals surface area contributed by atoms with E-state index in [1.807, 2.05) is 0 Å². The van der Waals surface area contributed by atoms with Gasteiger partial charge in [-0.25, -0.2) is 0 Å². The van der Waals surface area contributed by atoms with E-state index in [9.17, 15) is 0 Å². The van der Waals surface area contributed by atoms with Gasteiger partial charge in [0.05, 0.1) is 0 Å². The molecule has 0 bridgehead atoms. The van der Waals surface area contributed by atoms with Crippen molar-refractivity contribution in [3.05, 3.63) is 23.3 Å². The Kier molecular flexibility index (Phi) is 11.9. The van der Waals surface area contributed by atoms with Crippen molar-refractivity contribution in [2.45, 2.75) is 92.9 Å². The third kappa shape index (κ3) is 12.5. The van der Waals surface area contributed by atoms with Gasteiger partial charge in [0.25, 0.3) is 0 Å². The normalized spacial score (nSPS) is 14.9. The molecule has 20 heavy (non-hydrogen) atoms. The Labute approximate surface area is 128 Å². The summed E-state index contributed by atoms with van der Waals surface area (Å²) in [4.78, 5) is 0. The van der Waals surface area contributed by atoms with Gasteiger partial charge in [0.2, 0.25) is 0 Å². The third-order valence-corrected chi connectivity index (χ3v) is 4.23. The van der Waals surface area contributed by atoms with E-state index in [1.165, 1.54) is 51.4 Å². The molecule has 0 aromatic carbocycles. The Morgan fingerprint density at radius 2 is 1.35 bits per heavy atom. The molecule has 0 aliphatic rings. The average molecular weight is 279 g/mol. The van der Waals surface area contributed by atoms with E-state index in [4.69, 9.17) is 0 Å². The second-order valence-corrected chi connectivity index (χ2v) is 7.02.